The number of amides is 2. The Morgan fingerprint density at radius 2 is 1.80 bits per heavy atom. The highest BCUT2D eigenvalue weighted by molar-refractivity contribution is 6.30. The highest BCUT2D eigenvalue weighted by atomic mass is 35.5. The molecule has 2 N–H and O–H groups in total. The normalized spacial score (nSPS) is 10.6. The van der Waals surface area contributed by atoms with Gasteiger partial charge in [0, 0.05) is 29.4 Å². The summed E-state index contributed by atoms with van der Waals surface area (Å²) < 4.78 is 0. The first-order valence-corrected chi connectivity index (χ1v) is 8.39. The van der Waals surface area contributed by atoms with Gasteiger partial charge in [0.1, 0.15) is 0 Å². The van der Waals surface area contributed by atoms with Crippen LogP contribution in [0.3, 0.4) is 0 Å². The van der Waals surface area contributed by atoms with Crippen LogP contribution in [0, 0.1) is 0 Å². The van der Waals surface area contributed by atoms with Gasteiger partial charge in [-0.3, -0.25) is 9.59 Å². The van der Waals surface area contributed by atoms with Crippen LogP contribution in [0.15, 0.2) is 48.5 Å². The van der Waals surface area contributed by atoms with Crippen molar-refractivity contribution < 1.29 is 9.59 Å². The maximum Gasteiger partial charge on any atom is 0.251 e. The lowest BCUT2D eigenvalue weighted by atomic mass is 10.1. The van der Waals surface area contributed by atoms with E-state index < -0.39 is 0 Å². The van der Waals surface area contributed by atoms with Gasteiger partial charge >= 0.3 is 0 Å². The summed E-state index contributed by atoms with van der Waals surface area (Å²) >= 11 is 5.84. The van der Waals surface area contributed by atoms with Gasteiger partial charge in [0.15, 0.2) is 0 Å². The van der Waals surface area contributed by atoms with Crippen LogP contribution in [0.2, 0.25) is 5.02 Å². The van der Waals surface area contributed by atoms with Crippen molar-refractivity contribution in [3.63, 3.8) is 0 Å². The quantitative estimate of drug-likeness (QED) is 0.799. The van der Waals surface area contributed by atoms with Crippen molar-refractivity contribution in [2.24, 2.45) is 0 Å². The maximum atomic E-state index is 12.1. The molecule has 2 aromatic rings. The Morgan fingerprint density at radius 1 is 1.08 bits per heavy atom. The molecule has 0 unspecified atom stereocenters. The largest absolute Gasteiger partial charge is 0.351 e. The zero-order valence-corrected chi connectivity index (χ0v) is 15.1. The number of nitrogens with zero attached hydrogens (tertiary/aromatic N) is 1. The molecular weight excluding hydrogens is 338 g/mol. The predicted molar refractivity (Wildman–Crippen MR) is 101 cm³/mol. The second kappa shape index (κ2) is 9.20. The Balaban J connectivity index is 1.92. The summed E-state index contributed by atoms with van der Waals surface area (Å²) in [7, 11) is 3.89. The fraction of sp³-hybridized carbons (Fsp3) is 0.263. The van der Waals surface area contributed by atoms with Crippen molar-refractivity contribution in [1.29, 1.82) is 0 Å². The van der Waals surface area contributed by atoms with Gasteiger partial charge < -0.3 is 15.5 Å². The van der Waals surface area contributed by atoms with Crippen molar-refractivity contribution in [3.8, 4) is 0 Å². The summed E-state index contributed by atoms with van der Waals surface area (Å²) in [4.78, 5) is 26.3. The van der Waals surface area contributed by atoms with Crippen molar-refractivity contribution in [2.75, 3.05) is 32.5 Å². The average Bonchev–Trinajstić information content (AvgIpc) is 2.56. The number of nitrogens with one attached hydrogen (secondary N) is 2. The standard InChI is InChI=1S/C19H22ClN3O2/c1-23(2)11-10-21-19(25)15-4-3-5-17(13-15)22-18(24)12-14-6-8-16(20)9-7-14/h3-9,13H,10-12H2,1-2H3,(H,21,25)(H,22,24). The molecule has 0 aromatic heterocycles. The second-order valence-corrected chi connectivity index (χ2v) is 6.43. The molecule has 2 rings (SSSR count). The third-order valence-electron chi connectivity index (χ3n) is 3.53. The Morgan fingerprint density at radius 3 is 2.48 bits per heavy atom. The summed E-state index contributed by atoms with van der Waals surface area (Å²) in [6.45, 7) is 1.34. The predicted octanol–water partition coefficient (Wildman–Crippen LogP) is 2.81. The van der Waals surface area contributed by atoms with E-state index in [9.17, 15) is 9.59 Å². The molecule has 0 saturated heterocycles. The third kappa shape index (κ3) is 6.57. The molecule has 25 heavy (non-hydrogen) atoms. The van der Waals surface area contributed by atoms with E-state index in [1.54, 1.807) is 36.4 Å². The van der Waals surface area contributed by atoms with E-state index in [0.717, 1.165) is 12.1 Å². The highest BCUT2D eigenvalue weighted by Gasteiger charge is 2.08. The summed E-state index contributed by atoms with van der Waals surface area (Å²) in [5.41, 5.74) is 1.99. The Labute approximate surface area is 153 Å². The zero-order chi connectivity index (χ0) is 18.2. The van der Waals surface area contributed by atoms with Gasteiger partial charge in [0.05, 0.1) is 6.42 Å². The molecule has 0 aliphatic carbocycles. The number of hydrogen-bond donors (Lipinski definition) is 2. The second-order valence-electron chi connectivity index (χ2n) is 5.99. The Hall–Kier alpha value is -2.37. The van der Waals surface area contributed by atoms with Crippen LogP contribution in [0.1, 0.15) is 15.9 Å². The van der Waals surface area contributed by atoms with Gasteiger partial charge in [-0.1, -0.05) is 29.8 Å². The smallest absolute Gasteiger partial charge is 0.251 e. The average molecular weight is 360 g/mol. The van der Waals surface area contributed by atoms with Gasteiger partial charge in [-0.25, -0.2) is 0 Å². The van der Waals surface area contributed by atoms with E-state index in [4.69, 9.17) is 11.6 Å². The fourth-order valence-electron chi connectivity index (χ4n) is 2.23. The molecular formula is C19H22ClN3O2. The van der Waals surface area contributed by atoms with Crippen LogP contribution >= 0.6 is 11.6 Å². The van der Waals surface area contributed by atoms with Crippen LogP contribution in [0.4, 0.5) is 5.69 Å². The summed E-state index contributed by atoms with van der Waals surface area (Å²) in [5.74, 6) is -0.303. The molecule has 0 atom stereocenters. The van der Waals surface area contributed by atoms with Crippen LogP contribution in [-0.2, 0) is 11.2 Å². The number of carbonyl (C=O) groups excluding carboxylic acids is 2. The van der Waals surface area contributed by atoms with E-state index >= 15 is 0 Å². The Kier molecular flexibility index (Phi) is 6.98. The maximum absolute atomic E-state index is 12.1. The van der Waals surface area contributed by atoms with E-state index in [-0.39, 0.29) is 18.2 Å². The molecule has 132 valence electrons. The number of benzene rings is 2. The van der Waals surface area contributed by atoms with Crippen LogP contribution < -0.4 is 10.6 Å². The molecule has 0 aliphatic heterocycles. The van der Waals surface area contributed by atoms with Crippen molar-refractivity contribution in [1.82, 2.24) is 10.2 Å². The molecule has 0 radical (unpaired) electrons. The number of hydrogen-bond acceptors (Lipinski definition) is 3. The third-order valence-corrected chi connectivity index (χ3v) is 3.78. The van der Waals surface area contributed by atoms with Gasteiger partial charge in [0.2, 0.25) is 5.91 Å². The zero-order valence-electron chi connectivity index (χ0n) is 14.4. The molecule has 6 heteroatoms. The molecule has 2 amide bonds. The summed E-state index contributed by atoms with van der Waals surface area (Å²) in [6.07, 6.45) is 0.246. The lowest BCUT2D eigenvalue weighted by molar-refractivity contribution is -0.115. The minimum atomic E-state index is -0.157. The molecule has 0 spiro atoms. The summed E-state index contributed by atoms with van der Waals surface area (Å²) in [6, 6.07) is 14.0. The first-order valence-electron chi connectivity index (χ1n) is 8.01. The number of anilines is 1. The van der Waals surface area contributed by atoms with Crippen molar-refractivity contribution in [3.05, 3.63) is 64.7 Å². The van der Waals surface area contributed by atoms with E-state index in [1.807, 2.05) is 31.1 Å². The highest BCUT2D eigenvalue weighted by Crippen LogP contribution is 2.13. The van der Waals surface area contributed by atoms with Crippen LogP contribution in [-0.4, -0.2) is 43.9 Å². The van der Waals surface area contributed by atoms with Crippen LogP contribution in [0.25, 0.3) is 0 Å². The van der Waals surface area contributed by atoms with E-state index in [2.05, 4.69) is 10.6 Å². The number of halogens is 1. The lowest BCUT2D eigenvalue weighted by Gasteiger charge is -2.11. The van der Waals surface area contributed by atoms with Crippen LogP contribution in [0.5, 0.6) is 0 Å². The van der Waals surface area contributed by atoms with E-state index in [0.29, 0.717) is 22.8 Å². The van der Waals surface area contributed by atoms with Crippen molar-refractivity contribution in [2.45, 2.75) is 6.42 Å². The van der Waals surface area contributed by atoms with Crippen molar-refractivity contribution >= 4 is 29.1 Å². The van der Waals surface area contributed by atoms with Gasteiger partial charge in [0.25, 0.3) is 5.91 Å². The number of likely N-dealkylation sites (N-methyl/N-ethyl adjacent to an activating group) is 1. The fourth-order valence-corrected chi connectivity index (χ4v) is 2.35. The molecule has 0 heterocycles. The molecule has 0 aliphatic rings. The summed E-state index contributed by atoms with van der Waals surface area (Å²) in [5, 5.41) is 6.30. The minimum absolute atomic E-state index is 0.146. The number of carbonyl (C=O) groups is 2. The van der Waals surface area contributed by atoms with E-state index in [1.165, 1.54) is 0 Å². The number of rotatable bonds is 7. The van der Waals surface area contributed by atoms with Gasteiger partial charge in [-0.05, 0) is 50.0 Å². The monoisotopic (exact) mass is 359 g/mol. The molecule has 0 saturated carbocycles. The molecule has 0 fully saturated rings. The lowest BCUT2D eigenvalue weighted by Crippen LogP contribution is -2.31. The van der Waals surface area contributed by atoms with Gasteiger partial charge in [-0.15, -0.1) is 0 Å². The Bertz CT molecular complexity index is 730. The minimum Gasteiger partial charge on any atom is -0.351 e. The SMILES string of the molecule is CN(C)CCNC(=O)c1cccc(NC(=O)Cc2ccc(Cl)cc2)c1. The van der Waals surface area contributed by atoms with Gasteiger partial charge in [-0.2, -0.15) is 0 Å². The topological polar surface area (TPSA) is 61.4 Å². The molecule has 5 nitrogen and oxygen atoms in total. The first kappa shape index (κ1) is 19.0. The molecule has 2 aromatic carbocycles. The first-order chi connectivity index (χ1) is 11.9. The molecule has 0 bridgehead atoms.